The van der Waals surface area contributed by atoms with E-state index in [1.165, 1.54) is 44.1 Å². The standard InChI is InChI=1S/C19H29NO2/c1-13(5-18(21)20-17-3-2-4-22-12-17)19-9-14-6-15(10-19)8-16(7-14)11-19/h5,14-17H,2-4,6-12H2,1H3,(H,20,21)/b13-5-. The second kappa shape index (κ2) is 5.67. The first kappa shape index (κ1) is 14.7. The summed E-state index contributed by atoms with van der Waals surface area (Å²) in [6, 6.07) is 0.210. The quantitative estimate of drug-likeness (QED) is 0.811. The van der Waals surface area contributed by atoms with E-state index in [1.54, 1.807) is 0 Å². The molecule has 0 aromatic heterocycles. The molecule has 5 fully saturated rings. The smallest absolute Gasteiger partial charge is 0.244 e. The number of allylic oxidation sites excluding steroid dienone is 1. The molecule has 4 aliphatic carbocycles. The first-order valence-corrected chi connectivity index (χ1v) is 9.20. The Balaban J connectivity index is 1.44. The lowest BCUT2D eigenvalue weighted by molar-refractivity contribution is -0.118. The average Bonchev–Trinajstić information content (AvgIpc) is 2.46. The predicted molar refractivity (Wildman–Crippen MR) is 86.3 cm³/mol. The molecular weight excluding hydrogens is 274 g/mol. The Labute approximate surface area is 133 Å². The Kier molecular flexibility index (Phi) is 3.80. The third-order valence-corrected chi connectivity index (χ3v) is 6.73. The molecule has 1 aliphatic heterocycles. The SMILES string of the molecule is C/C(=C/C(=O)NC1CCCOC1)C12CC3CC(CC(C3)C1)C2. The van der Waals surface area contributed by atoms with Crippen molar-refractivity contribution in [1.82, 2.24) is 5.32 Å². The fourth-order valence-corrected chi connectivity index (χ4v) is 6.04. The lowest BCUT2D eigenvalue weighted by atomic mass is 9.48. The maximum atomic E-state index is 12.4. The van der Waals surface area contributed by atoms with Gasteiger partial charge >= 0.3 is 0 Å². The molecule has 122 valence electrons. The largest absolute Gasteiger partial charge is 0.379 e. The van der Waals surface area contributed by atoms with Gasteiger partial charge in [-0.05, 0) is 81.5 Å². The summed E-state index contributed by atoms with van der Waals surface area (Å²) in [4.78, 5) is 12.4. The van der Waals surface area contributed by atoms with Gasteiger partial charge in [0.1, 0.15) is 0 Å². The van der Waals surface area contributed by atoms with Gasteiger partial charge < -0.3 is 10.1 Å². The molecule has 22 heavy (non-hydrogen) atoms. The van der Waals surface area contributed by atoms with Gasteiger partial charge in [-0.1, -0.05) is 5.57 Å². The van der Waals surface area contributed by atoms with Crippen molar-refractivity contribution in [3.8, 4) is 0 Å². The Morgan fingerprint density at radius 1 is 1.14 bits per heavy atom. The van der Waals surface area contributed by atoms with Gasteiger partial charge in [0.15, 0.2) is 0 Å². The minimum atomic E-state index is 0.101. The summed E-state index contributed by atoms with van der Waals surface area (Å²) in [5.74, 6) is 2.90. The second-order valence-electron chi connectivity index (χ2n) is 8.45. The first-order chi connectivity index (χ1) is 10.6. The third kappa shape index (κ3) is 2.73. The highest BCUT2D eigenvalue weighted by Gasteiger charge is 2.51. The molecule has 0 spiro atoms. The highest BCUT2D eigenvalue weighted by atomic mass is 16.5. The predicted octanol–water partition coefficient (Wildman–Crippen LogP) is 3.44. The topological polar surface area (TPSA) is 38.3 Å². The van der Waals surface area contributed by atoms with E-state index in [-0.39, 0.29) is 11.9 Å². The summed E-state index contributed by atoms with van der Waals surface area (Å²) >= 11 is 0. The summed E-state index contributed by atoms with van der Waals surface area (Å²) in [6.07, 6.45) is 12.4. The highest BCUT2D eigenvalue weighted by Crippen LogP contribution is 2.62. The summed E-state index contributed by atoms with van der Waals surface area (Å²) in [6.45, 7) is 3.73. The fraction of sp³-hybridized carbons (Fsp3) is 0.842. The molecule has 4 bridgehead atoms. The number of nitrogens with one attached hydrogen (secondary N) is 1. The monoisotopic (exact) mass is 303 g/mol. The zero-order chi connectivity index (χ0) is 15.2. The lowest BCUT2D eigenvalue weighted by Gasteiger charge is -2.57. The van der Waals surface area contributed by atoms with Crippen LogP contribution in [0.1, 0.15) is 58.3 Å². The zero-order valence-corrected chi connectivity index (χ0v) is 13.8. The van der Waals surface area contributed by atoms with Crippen LogP contribution in [-0.4, -0.2) is 25.2 Å². The summed E-state index contributed by atoms with van der Waals surface area (Å²) in [7, 11) is 0. The van der Waals surface area contributed by atoms with Crippen LogP contribution < -0.4 is 5.32 Å². The molecule has 3 heteroatoms. The number of ether oxygens (including phenoxy) is 1. The molecule has 5 rings (SSSR count). The molecule has 1 amide bonds. The Morgan fingerprint density at radius 2 is 1.77 bits per heavy atom. The van der Waals surface area contributed by atoms with Crippen molar-refractivity contribution in [1.29, 1.82) is 0 Å². The number of amides is 1. The van der Waals surface area contributed by atoms with Gasteiger partial charge in [0.25, 0.3) is 0 Å². The van der Waals surface area contributed by atoms with E-state index < -0.39 is 0 Å². The summed E-state index contributed by atoms with van der Waals surface area (Å²) in [5.41, 5.74) is 1.70. The van der Waals surface area contributed by atoms with E-state index in [2.05, 4.69) is 12.2 Å². The van der Waals surface area contributed by atoms with Gasteiger partial charge in [-0.3, -0.25) is 4.79 Å². The number of hydrogen-bond acceptors (Lipinski definition) is 2. The van der Waals surface area contributed by atoms with E-state index in [9.17, 15) is 4.79 Å². The van der Waals surface area contributed by atoms with E-state index in [0.29, 0.717) is 12.0 Å². The summed E-state index contributed by atoms with van der Waals surface area (Å²) < 4.78 is 5.45. The Bertz CT molecular complexity index is 441. The van der Waals surface area contributed by atoms with Crippen molar-refractivity contribution in [2.24, 2.45) is 23.2 Å². The number of carbonyl (C=O) groups is 1. The molecule has 0 aromatic rings. The maximum absolute atomic E-state index is 12.4. The Hall–Kier alpha value is -0.830. The number of rotatable bonds is 3. The van der Waals surface area contributed by atoms with Crippen molar-refractivity contribution >= 4 is 5.91 Å². The van der Waals surface area contributed by atoms with E-state index in [1.807, 2.05) is 6.08 Å². The van der Waals surface area contributed by atoms with Crippen molar-refractivity contribution in [3.05, 3.63) is 11.6 Å². The number of hydrogen-bond donors (Lipinski definition) is 1. The van der Waals surface area contributed by atoms with Crippen molar-refractivity contribution in [3.63, 3.8) is 0 Å². The van der Waals surface area contributed by atoms with Crippen LogP contribution in [0.15, 0.2) is 11.6 Å². The van der Waals surface area contributed by atoms with Gasteiger partial charge in [0, 0.05) is 12.7 Å². The number of carbonyl (C=O) groups excluding carboxylic acids is 1. The zero-order valence-electron chi connectivity index (χ0n) is 13.8. The lowest BCUT2D eigenvalue weighted by Crippen LogP contribution is -2.47. The van der Waals surface area contributed by atoms with Crippen molar-refractivity contribution in [2.45, 2.75) is 64.3 Å². The molecule has 4 saturated carbocycles. The first-order valence-electron chi connectivity index (χ1n) is 9.20. The second-order valence-corrected chi connectivity index (χ2v) is 8.45. The van der Waals surface area contributed by atoms with Gasteiger partial charge in [0.05, 0.1) is 12.6 Å². The molecule has 1 heterocycles. The molecule has 0 aromatic carbocycles. The van der Waals surface area contributed by atoms with Crippen LogP contribution in [0.5, 0.6) is 0 Å². The molecule has 1 unspecified atom stereocenters. The van der Waals surface area contributed by atoms with Crippen molar-refractivity contribution in [2.75, 3.05) is 13.2 Å². The van der Waals surface area contributed by atoms with E-state index in [4.69, 9.17) is 4.74 Å². The van der Waals surface area contributed by atoms with Crippen LogP contribution in [0.4, 0.5) is 0 Å². The molecule has 0 radical (unpaired) electrons. The van der Waals surface area contributed by atoms with Crippen LogP contribution in [-0.2, 0) is 9.53 Å². The van der Waals surface area contributed by atoms with E-state index >= 15 is 0 Å². The van der Waals surface area contributed by atoms with Gasteiger partial charge in [-0.25, -0.2) is 0 Å². The van der Waals surface area contributed by atoms with E-state index in [0.717, 1.165) is 37.2 Å². The fourth-order valence-electron chi connectivity index (χ4n) is 6.04. The van der Waals surface area contributed by atoms with Crippen LogP contribution >= 0.6 is 0 Å². The Morgan fingerprint density at radius 3 is 2.32 bits per heavy atom. The van der Waals surface area contributed by atoms with Gasteiger partial charge in [-0.2, -0.15) is 0 Å². The highest BCUT2D eigenvalue weighted by molar-refractivity contribution is 5.88. The summed E-state index contributed by atoms with van der Waals surface area (Å²) in [5, 5.41) is 3.14. The van der Waals surface area contributed by atoms with Gasteiger partial charge in [0.2, 0.25) is 5.91 Å². The third-order valence-electron chi connectivity index (χ3n) is 6.73. The van der Waals surface area contributed by atoms with Crippen molar-refractivity contribution < 1.29 is 9.53 Å². The van der Waals surface area contributed by atoms with Gasteiger partial charge in [-0.15, -0.1) is 0 Å². The molecule has 1 N–H and O–H groups in total. The van der Waals surface area contributed by atoms with Crippen LogP contribution in [0.25, 0.3) is 0 Å². The molecule has 3 nitrogen and oxygen atoms in total. The molecule has 1 saturated heterocycles. The van der Waals surface area contributed by atoms with Crippen LogP contribution in [0.3, 0.4) is 0 Å². The van der Waals surface area contributed by atoms with Crippen LogP contribution in [0, 0.1) is 23.2 Å². The molecule has 1 atom stereocenters. The molecular formula is C19H29NO2. The maximum Gasteiger partial charge on any atom is 0.244 e. The minimum absolute atomic E-state index is 0.101. The normalized spacial score (nSPS) is 44.1. The minimum Gasteiger partial charge on any atom is -0.379 e. The van der Waals surface area contributed by atoms with Crippen LogP contribution in [0.2, 0.25) is 0 Å². The molecule has 5 aliphatic rings. The average molecular weight is 303 g/mol.